The van der Waals surface area contributed by atoms with E-state index in [9.17, 15) is 9.59 Å². The molecule has 2 heterocycles. The lowest BCUT2D eigenvalue weighted by Crippen LogP contribution is -2.39. The molecule has 0 fully saturated rings. The molecule has 0 atom stereocenters. The summed E-state index contributed by atoms with van der Waals surface area (Å²) in [5, 5.41) is 2.55. The smallest absolute Gasteiger partial charge is 0.332 e. The van der Waals surface area contributed by atoms with Crippen LogP contribution in [0.1, 0.15) is 0 Å². The summed E-state index contributed by atoms with van der Waals surface area (Å²) in [6, 6.07) is 7.74. The minimum absolute atomic E-state index is 0.115. The number of hydrogen-bond acceptors (Lipinski definition) is 5. The summed E-state index contributed by atoms with van der Waals surface area (Å²) in [4.78, 5) is 28.8. The average molecular weight is 393 g/mol. The SMILES string of the molecule is Cn1c(N)c(-c2csc(-c3cccc(Br)c3)n2)c(=O)n(C)c1=O. The molecule has 1 aromatic carbocycles. The number of thiazole rings is 1. The number of benzene rings is 1. The molecule has 23 heavy (non-hydrogen) atoms. The van der Waals surface area contributed by atoms with E-state index in [1.54, 1.807) is 5.38 Å². The maximum absolute atomic E-state index is 12.4. The van der Waals surface area contributed by atoms with Gasteiger partial charge in [-0.2, -0.15) is 0 Å². The predicted molar refractivity (Wildman–Crippen MR) is 95.6 cm³/mol. The lowest BCUT2D eigenvalue weighted by Gasteiger charge is -2.09. The summed E-state index contributed by atoms with van der Waals surface area (Å²) < 4.78 is 3.22. The molecule has 0 spiro atoms. The van der Waals surface area contributed by atoms with Crippen molar-refractivity contribution in [2.75, 3.05) is 5.73 Å². The summed E-state index contributed by atoms with van der Waals surface area (Å²) in [6.07, 6.45) is 0. The van der Waals surface area contributed by atoms with E-state index >= 15 is 0 Å². The van der Waals surface area contributed by atoms with Crippen molar-refractivity contribution < 1.29 is 0 Å². The van der Waals surface area contributed by atoms with Crippen LogP contribution in [-0.4, -0.2) is 14.1 Å². The van der Waals surface area contributed by atoms with Gasteiger partial charge in [0.15, 0.2) is 0 Å². The second kappa shape index (κ2) is 5.78. The van der Waals surface area contributed by atoms with Gasteiger partial charge in [0.2, 0.25) is 0 Å². The molecule has 2 N–H and O–H groups in total. The lowest BCUT2D eigenvalue weighted by molar-refractivity contribution is 0.696. The highest BCUT2D eigenvalue weighted by molar-refractivity contribution is 9.10. The maximum atomic E-state index is 12.4. The van der Waals surface area contributed by atoms with Crippen molar-refractivity contribution in [2.45, 2.75) is 0 Å². The van der Waals surface area contributed by atoms with Crippen LogP contribution < -0.4 is 17.0 Å². The molecule has 0 saturated carbocycles. The summed E-state index contributed by atoms with van der Waals surface area (Å²) in [7, 11) is 2.96. The topological polar surface area (TPSA) is 82.9 Å². The van der Waals surface area contributed by atoms with Crippen molar-refractivity contribution in [3.63, 3.8) is 0 Å². The molecule has 3 aromatic rings. The summed E-state index contributed by atoms with van der Waals surface area (Å²) >= 11 is 4.84. The molecule has 0 unspecified atom stereocenters. The van der Waals surface area contributed by atoms with Crippen LogP contribution in [0, 0.1) is 0 Å². The van der Waals surface area contributed by atoms with Gasteiger partial charge in [0.1, 0.15) is 16.4 Å². The fraction of sp³-hybridized carbons (Fsp3) is 0.133. The monoisotopic (exact) mass is 392 g/mol. The first-order valence-electron chi connectivity index (χ1n) is 6.67. The van der Waals surface area contributed by atoms with E-state index in [2.05, 4.69) is 20.9 Å². The van der Waals surface area contributed by atoms with Crippen LogP contribution in [0.15, 0.2) is 43.7 Å². The standard InChI is InChI=1S/C15H13BrN4O2S/c1-19-12(17)11(14(21)20(2)15(19)22)10-7-23-13(18-10)8-4-3-5-9(16)6-8/h3-7H,17H2,1-2H3. The Morgan fingerprint density at radius 3 is 2.65 bits per heavy atom. The van der Waals surface area contributed by atoms with Gasteiger partial charge in [-0.25, -0.2) is 9.78 Å². The number of aromatic nitrogens is 3. The van der Waals surface area contributed by atoms with E-state index in [0.29, 0.717) is 5.69 Å². The van der Waals surface area contributed by atoms with Gasteiger partial charge in [-0.3, -0.25) is 13.9 Å². The molecule has 0 aliphatic heterocycles. The number of hydrogen-bond donors (Lipinski definition) is 1. The molecule has 6 nitrogen and oxygen atoms in total. The normalized spacial score (nSPS) is 10.9. The van der Waals surface area contributed by atoms with Crippen LogP contribution >= 0.6 is 27.3 Å². The summed E-state index contributed by atoms with van der Waals surface area (Å²) in [5.74, 6) is 0.115. The lowest BCUT2D eigenvalue weighted by atomic mass is 10.2. The Bertz CT molecular complexity index is 1020. The predicted octanol–water partition coefficient (Wildman–Crippen LogP) is 2.22. The zero-order chi connectivity index (χ0) is 16.7. The first-order valence-corrected chi connectivity index (χ1v) is 8.34. The van der Waals surface area contributed by atoms with Crippen LogP contribution in [0.3, 0.4) is 0 Å². The highest BCUT2D eigenvalue weighted by Gasteiger charge is 2.18. The van der Waals surface area contributed by atoms with Crippen molar-refractivity contribution >= 4 is 33.1 Å². The first-order chi connectivity index (χ1) is 10.9. The van der Waals surface area contributed by atoms with Gasteiger partial charge in [-0.15, -0.1) is 11.3 Å². The van der Waals surface area contributed by atoms with Crippen LogP contribution in [0.2, 0.25) is 0 Å². The number of nitrogen functional groups attached to an aromatic ring is 1. The van der Waals surface area contributed by atoms with Crippen LogP contribution in [0.5, 0.6) is 0 Å². The van der Waals surface area contributed by atoms with Crippen molar-refractivity contribution in [1.29, 1.82) is 0 Å². The summed E-state index contributed by atoms with van der Waals surface area (Å²) in [5.41, 5.74) is 6.71. The zero-order valence-corrected chi connectivity index (χ0v) is 14.8. The van der Waals surface area contributed by atoms with Crippen molar-refractivity contribution in [3.05, 3.63) is 55.0 Å². The highest BCUT2D eigenvalue weighted by Crippen LogP contribution is 2.30. The Hall–Kier alpha value is -2.19. The Kier molecular flexibility index (Phi) is 3.95. The van der Waals surface area contributed by atoms with Crippen molar-refractivity contribution in [3.8, 4) is 21.8 Å². The van der Waals surface area contributed by atoms with Gasteiger partial charge in [-0.05, 0) is 12.1 Å². The molecular weight excluding hydrogens is 380 g/mol. The van der Waals surface area contributed by atoms with Crippen LogP contribution in [-0.2, 0) is 14.1 Å². The third-order valence-electron chi connectivity index (χ3n) is 3.54. The van der Waals surface area contributed by atoms with Crippen LogP contribution in [0.4, 0.5) is 5.82 Å². The Balaban J connectivity index is 2.19. The van der Waals surface area contributed by atoms with E-state index in [-0.39, 0.29) is 11.4 Å². The third kappa shape index (κ3) is 2.64. The second-order valence-electron chi connectivity index (χ2n) is 5.01. The van der Waals surface area contributed by atoms with Gasteiger partial charge in [0.25, 0.3) is 5.56 Å². The van der Waals surface area contributed by atoms with E-state index < -0.39 is 11.2 Å². The first kappa shape index (κ1) is 15.7. The van der Waals surface area contributed by atoms with Gasteiger partial charge in [0, 0.05) is 29.5 Å². The molecule has 0 bridgehead atoms. The molecule has 0 amide bonds. The molecule has 0 saturated heterocycles. The fourth-order valence-electron chi connectivity index (χ4n) is 2.24. The molecule has 0 aliphatic rings. The van der Waals surface area contributed by atoms with Crippen molar-refractivity contribution in [1.82, 2.24) is 14.1 Å². The molecule has 2 aromatic heterocycles. The number of halogens is 1. The second-order valence-corrected chi connectivity index (χ2v) is 6.79. The van der Waals surface area contributed by atoms with E-state index in [0.717, 1.165) is 19.6 Å². The Morgan fingerprint density at radius 1 is 1.22 bits per heavy atom. The highest BCUT2D eigenvalue weighted by atomic mass is 79.9. The van der Waals surface area contributed by atoms with Gasteiger partial charge in [0.05, 0.1) is 5.69 Å². The molecule has 0 aliphatic carbocycles. The Labute approximate surface area is 144 Å². The zero-order valence-electron chi connectivity index (χ0n) is 12.4. The molecule has 3 rings (SSSR count). The summed E-state index contributed by atoms with van der Waals surface area (Å²) in [6.45, 7) is 0. The van der Waals surface area contributed by atoms with E-state index in [1.165, 1.54) is 30.0 Å². The third-order valence-corrected chi connectivity index (χ3v) is 4.93. The molecular formula is C15H13BrN4O2S. The quantitative estimate of drug-likeness (QED) is 0.724. The number of nitrogens with zero attached hydrogens (tertiary/aromatic N) is 3. The maximum Gasteiger partial charge on any atom is 0.332 e. The number of nitrogens with two attached hydrogens (primary N) is 1. The largest absolute Gasteiger partial charge is 0.384 e. The molecule has 118 valence electrons. The van der Waals surface area contributed by atoms with Gasteiger partial charge in [-0.1, -0.05) is 28.1 Å². The molecule has 8 heteroatoms. The van der Waals surface area contributed by atoms with Crippen molar-refractivity contribution in [2.24, 2.45) is 14.1 Å². The number of anilines is 1. The van der Waals surface area contributed by atoms with Gasteiger partial charge < -0.3 is 5.73 Å². The fourth-order valence-corrected chi connectivity index (χ4v) is 3.45. The minimum atomic E-state index is -0.460. The Morgan fingerprint density at radius 2 is 1.96 bits per heavy atom. The minimum Gasteiger partial charge on any atom is -0.384 e. The van der Waals surface area contributed by atoms with Crippen LogP contribution in [0.25, 0.3) is 21.8 Å². The average Bonchev–Trinajstić information content (AvgIpc) is 3.01. The molecule has 0 radical (unpaired) electrons. The number of rotatable bonds is 2. The van der Waals surface area contributed by atoms with Gasteiger partial charge >= 0.3 is 5.69 Å². The van der Waals surface area contributed by atoms with E-state index in [1.807, 2.05) is 24.3 Å². The van der Waals surface area contributed by atoms with E-state index in [4.69, 9.17) is 5.73 Å².